The first-order valence-electron chi connectivity index (χ1n) is 4.80. The van der Waals surface area contributed by atoms with E-state index in [1.54, 1.807) is 7.11 Å². The summed E-state index contributed by atoms with van der Waals surface area (Å²) in [4.78, 5) is 7.86. The van der Waals surface area contributed by atoms with Gasteiger partial charge in [-0.05, 0) is 0 Å². The third-order valence-electron chi connectivity index (χ3n) is 1.84. The molecule has 0 aliphatic rings. The molecule has 7 nitrogen and oxygen atoms in total. The average Bonchev–Trinajstić information content (AvgIpc) is 2.34. The Labute approximate surface area is 93.9 Å². The first-order valence-corrected chi connectivity index (χ1v) is 4.80. The first kappa shape index (κ1) is 12.5. The van der Waals surface area contributed by atoms with E-state index in [9.17, 15) is 0 Å². The summed E-state index contributed by atoms with van der Waals surface area (Å²) in [5, 5.41) is 0. The molecule has 0 spiro atoms. The van der Waals surface area contributed by atoms with Crippen molar-refractivity contribution in [3.05, 3.63) is 6.33 Å². The lowest BCUT2D eigenvalue weighted by Crippen LogP contribution is -2.12. The van der Waals surface area contributed by atoms with Gasteiger partial charge in [-0.1, -0.05) is 0 Å². The van der Waals surface area contributed by atoms with E-state index in [0.717, 1.165) is 6.42 Å². The van der Waals surface area contributed by atoms with Crippen LogP contribution in [0.25, 0.3) is 0 Å². The third kappa shape index (κ3) is 3.21. The lowest BCUT2D eigenvalue weighted by atomic mass is 10.4. The van der Waals surface area contributed by atoms with Crippen LogP contribution in [0.15, 0.2) is 6.33 Å². The molecular weight excluding hydrogens is 212 g/mol. The van der Waals surface area contributed by atoms with E-state index < -0.39 is 0 Å². The number of hydrazine groups is 1. The molecule has 0 aliphatic carbocycles. The second-order valence-corrected chi connectivity index (χ2v) is 2.90. The van der Waals surface area contributed by atoms with E-state index in [0.29, 0.717) is 30.7 Å². The standard InChI is InChI=1S/C9H16N4O3/c1-14-4-3-5-16-9-7(15-2)8(13-10)11-6-12-9/h6H,3-5,10H2,1-2H3,(H,11,12,13). The maximum Gasteiger partial charge on any atom is 0.262 e. The number of anilines is 1. The molecule has 90 valence electrons. The molecule has 1 rings (SSSR count). The number of aromatic nitrogens is 2. The summed E-state index contributed by atoms with van der Waals surface area (Å²) < 4.78 is 15.4. The van der Waals surface area contributed by atoms with Gasteiger partial charge in [-0.25, -0.2) is 10.8 Å². The summed E-state index contributed by atoms with van der Waals surface area (Å²) in [7, 11) is 3.14. The van der Waals surface area contributed by atoms with Crippen molar-refractivity contribution in [3.8, 4) is 11.6 Å². The Morgan fingerprint density at radius 3 is 2.75 bits per heavy atom. The van der Waals surface area contributed by atoms with Gasteiger partial charge in [0, 0.05) is 20.1 Å². The minimum Gasteiger partial charge on any atom is -0.489 e. The summed E-state index contributed by atoms with van der Waals surface area (Å²) in [6, 6.07) is 0. The molecule has 3 N–H and O–H groups in total. The van der Waals surface area contributed by atoms with Crippen LogP contribution in [-0.4, -0.2) is 37.4 Å². The fraction of sp³-hybridized carbons (Fsp3) is 0.556. The molecule has 7 heteroatoms. The van der Waals surface area contributed by atoms with Gasteiger partial charge in [0.15, 0.2) is 5.82 Å². The Morgan fingerprint density at radius 1 is 1.31 bits per heavy atom. The molecule has 0 amide bonds. The van der Waals surface area contributed by atoms with Crippen molar-refractivity contribution in [2.45, 2.75) is 6.42 Å². The van der Waals surface area contributed by atoms with E-state index in [-0.39, 0.29) is 0 Å². The number of nitrogens with zero attached hydrogens (tertiary/aromatic N) is 2. The number of nitrogens with two attached hydrogens (primary N) is 1. The quantitative estimate of drug-likeness (QED) is 0.391. The Balaban J connectivity index is 2.63. The van der Waals surface area contributed by atoms with Gasteiger partial charge in [-0.2, -0.15) is 4.98 Å². The van der Waals surface area contributed by atoms with Gasteiger partial charge in [0.05, 0.1) is 13.7 Å². The number of rotatable bonds is 7. The maximum absolute atomic E-state index is 5.42. The molecule has 16 heavy (non-hydrogen) atoms. The van der Waals surface area contributed by atoms with Gasteiger partial charge >= 0.3 is 0 Å². The predicted octanol–water partition coefficient (Wildman–Crippen LogP) is 0.186. The van der Waals surface area contributed by atoms with E-state index in [1.165, 1.54) is 13.4 Å². The zero-order chi connectivity index (χ0) is 11.8. The van der Waals surface area contributed by atoms with Crippen molar-refractivity contribution in [1.82, 2.24) is 9.97 Å². The van der Waals surface area contributed by atoms with Crippen LogP contribution in [0.3, 0.4) is 0 Å². The van der Waals surface area contributed by atoms with E-state index in [2.05, 4.69) is 15.4 Å². The normalized spacial score (nSPS) is 9.94. The lowest BCUT2D eigenvalue weighted by Gasteiger charge is -2.11. The molecule has 0 aliphatic heterocycles. The van der Waals surface area contributed by atoms with Crippen LogP contribution in [0, 0.1) is 0 Å². The van der Waals surface area contributed by atoms with Crippen LogP contribution < -0.4 is 20.7 Å². The highest BCUT2D eigenvalue weighted by molar-refractivity contribution is 5.54. The van der Waals surface area contributed by atoms with Crippen LogP contribution in [0.1, 0.15) is 6.42 Å². The van der Waals surface area contributed by atoms with Crippen molar-refractivity contribution in [2.24, 2.45) is 5.84 Å². The Bertz CT molecular complexity index is 322. The molecule has 1 aromatic rings. The fourth-order valence-corrected chi connectivity index (χ4v) is 1.12. The highest BCUT2D eigenvalue weighted by Crippen LogP contribution is 2.29. The van der Waals surface area contributed by atoms with Gasteiger partial charge < -0.3 is 19.6 Å². The predicted molar refractivity (Wildman–Crippen MR) is 58.4 cm³/mol. The van der Waals surface area contributed by atoms with Crippen LogP contribution in [0.4, 0.5) is 5.82 Å². The maximum atomic E-state index is 5.42. The van der Waals surface area contributed by atoms with Crippen molar-refractivity contribution in [3.63, 3.8) is 0 Å². The van der Waals surface area contributed by atoms with Crippen LogP contribution >= 0.6 is 0 Å². The highest BCUT2D eigenvalue weighted by Gasteiger charge is 2.12. The minimum absolute atomic E-state index is 0.363. The second-order valence-electron chi connectivity index (χ2n) is 2.90. The van der Waals surface area contributed by atoms with Gasteiger partial charge in [-0.15, -0.1) is 0 Å². The van der Waals surface area contributed by atoms with Gasteiger partial charge in [0.25, 0.3) is 5.88 Å². The first-order chi connectivity index (χ1) is 7.83. The molecule has 1 aromatic heterocycles. The minimum atomic E-state index is 0.363. The number of methoxy groups -OCH3 is 2. The molecule has 0 atom stereocenters. The summed E-state index contributed by atoms with van der Waals surface area (Å²) >= 11 is 0. The zero-order valence-electron chi connectivity index (χ0n) is 9.40. The van der Waals surface area contributed by atoms with Crippen molar-refractivity contribution in [2.75, 3.05) is 32.9 Å². The summed E-state index contributed by atoms with van der Waals surface area (Å²) in [5.41, 5.74) is 2.41. The zero-order valence-corrected chi connectivity index (χ0v) is 9.40. The summed E-state index contributed by atoms with van der Waals surface area (Å²) in [5.74, 6) is 6.42. The summed E-state index contributed by atoms with van der Waals surface area (Å²) in [6.07, 6.45) is 2.12. The van der Waals surface area contributed by atoms with E-state index in [4.69, 9.17) is 20.1 Å². The number of hydrogen-bond acceptors (Lipinski definition) is 7. The number of nitrogen functional groups attached to an aromatic ring is 1. The second kappa shape index (κ2) is 6.81. The number of hydrogen-bond donors (Lipinski definition) is 2. The lowest BCUT2D eigenvalue weighted by molar-refractivity contribution is 0.168. The smallest absolute Gasteiger partial charge is 0.262 e. The van der Waals surface area contributed by atoms with Crippen LogP contribution in [0.5, 0.6) is 11.6 Å². The molecule has 0 bridgehead atoms. The van der Waals surface area contributed by atoms with Gasteiger partial charge in [0.2, 0.25) is 5.75 Å². The topological polar surface area (TPSA) is 91.5 Å². The Kier molecular flexibility index (Phi) is 5.30. The Morgan fingerprint density at radius 2 is 2.12 bits per heavy atom. The van der Waals surface area contributed by atoms with Crippen molar-refractivity contribution < 1.29 is 14.2 Å². The van der Waals surface area contributed by atoms with Gasteiger partial charge in [0.1, 0.15) is 6.33 Å². The Hall–Kier alpha value is -1.60. The van der Waals surface area contributed by atoms with Gasteiger partial charge in [-0.3, -0.25) is 0 Å². The van der Waals surface area contributed by atoms with Crippen LogP contribution in [-0.2, 0) is 4.74 Å². The fourth-order valence-electron chi connectivity index (χ4n) is 1.12. The van der Waals surface area contributed by atoms with E-state index in [1.807, 2.05) is 0 Å². The largest absolute Gasteiger partial charge is 0.489 e. The van der Waals surface area contributed by atoms with Crippen molar-refractivity contribution >= 4 is 5.82 Å². The molecular formula is C9H16N4O3. The number of ether oxygens (including phenoxy) is 3. The van der Waals surface area contributed by atoms with E-state index >= 15 is 0 Å². The molecule has 0 saturated heterocycles. The molecule has 0 radical (unpaired) electrons. The molecule has 0 fully saturated rings. The SMILES string of the molecule is COCCCOc1ncnc(NN)c1OC. The third-order valence-corrected chi connectivity index (χ3v) is 1.84. The highest BCUT2D eigenvalue weighted by atomic mass is 16.5. The molecule has 0 unspecified atom stereocenters. The summed E-state index contributed by atoms with van der Waals surface area (Å²) in [6.45, 7) is 1.13. The average molecular weight is 228 g/mol. The van der Waals surface area contributed by atoms with Crippen LogP contribution in [0.2, 0.25) is 0 Å². The monoisotopic (exact) mass is 228 g/mol. The van der Waals surface area contributed by atoms with Crippen molar-refractivity contribution in [1.29, 1.82) is 0 Å². The molecule has 0 saturated carbocycles. The number of nitrogens with one attached hydrogen (secondary N) is 1. The molecule has 1 heterocycles. The molecule has 0 aromatic carbocycles.